The monoisotopic (exact) mass is 283 g/mol. The Bertz CT molecular complexity index is 416. The number of aliphatic carboxylic acids is 1. The first-order chi connectivity index (χ1) is 9.52. The summed E-state index contributed by atoms with van der Waals surface area (Å²) >= 11 is 0. The van der Waals surface area contributed by atoms with Gasteiger partial charge in [0.15, 0.2) is 5.71 Å². The van der Waals surface area contributed by atoms with Gasteiger partial charge >= 0.3 is 5.97 Å². The van der Waals surface area contributed by atoms with Gasteiger partial charge in [0.2, 0.25) is 6.10 Å². The zero-order valence-electron chi connectivity index (χ0n) is 11.9. The number of piperidine rings is 1. The molecule has 20 heavy (non-hydrogen) atoms. The van der Waals surface area contributed by atoms with Crippen LogP contribution in [-0.4, -0.2) is 71.3 Å². The van der Waals surface area contributed by atoms with E-state index in [2.05, 4.69) is 17.0 Å². The highest BCUT2D eigenvalue weighted by molar-refractivity contribution is 6.36. The molecule has 2 heterocycles. The first kappa shape index (κ1) is 14.8. The van der Waals surface area contributed by atoms with Gasteiger partial charge in [0.1, 0.15) is 0 Å². The molecule has 2 aliphatic rings. The van der Waals surface area contributed by atoms with E-state index in [1.807, 2.05) is 0 Å². The van der Waals surface area contributed by atoms with Crippen LogP contribution in [0, 0.1) is 0 Å². The van der Waals surface area contributed by atoms with Crippen LogP contribution in [0.5, 0.6) is 0 Å². The summed E-state index contributed by atoms with van der Waals surface area (Å²) in [6.45, 7) is 5.14. The predicted octanol–water partition coefficient (Wildman–Crippen LogP) is 0.159. The summed E-state index contributed by atoms with van der Waals surface area (Å²) in [6.07, 6.45) is 1.15. The van der Waals surface area contributed by atoms with Crippen molar-refractivity contribution in [3.05, 3.63) is 0 Å². The van der Waals surface area contributed by atoms with Crippen LogP contribution in [0.2, 0.25) is 0 Å². The quantitative estimate of drug-likeness (QED) is 0.794. The molecule has 1 saturated heterocycles. The molecular weight excluding hydrogens is 262 g/mol. The second-order valence-corrected chi connectivity index (χ2v) is 5.26. The van der Waals surface area contributed by atoms with Crippen molar-refractivity contribution in [2.45, 2.75) is 38.3 Å². The molecule has 2 aliphatic heterocycles. The third-order valence-corrected chi connectivity index (χ3v) is 4.09. The molecule has 1 fully saturated rings. The highest BCUT2D eigenvalue weighted by Crippen LogP contribution is 2.19. The molecule has 1 amide bonds. The molecule has 0 aromatic rings. The lowest BCUT2D eigenvalue weighted by molar-refractivity contribution is -0.143. The Morgan fingerprint density at radius 1 is 1.45 bits per heavy atom. The molecule has 0 aromatic carbocycles. The highest BCUT2D eigenvalue weighted by Gasteiger charge is 2.36. The van der Waals surface area contributed by atoms with Crippen molar-refractivity contribution in [2.75, 3.05) is 26.7 Å². The molecule has 0 spiro atoms. The second-order valence-electron chi connectivity index (χ2n) is 5.26. The average Bonchev–Trinajstić information content (AvgIpc) is 2.96. The van der Waals surface area contributed by atoms with Gasteiger partial charge < -0.3 is 19.7 Å². The van der Waals surface area contributed by atoms with Gasteiger partial charge in [-0.05, 0) is 19.4 Å². The van der Waals surface area contributed by atoms with E-state index in [9.17, 15) is 9.59 Å². The summed E-state index contributed by atoms with van der Waals surface area (Å²) in [4.78, 5) is 32.0. The van der Waals surface area contributed by atoms with E-state index in [1.165, 1.54) is 0 Å². The maximum Gasteiger partial charge on any atom is 0.353 e. The first-order valence-electron chi connectivity index (χ1n) is 6.98. The number of oxime groups is 1. The molecule has 0 bridgehead atoms. The van der Waals surface area contributed by atoms with Crippen LogP contribution in [0.15, 0.2) is 5.16 Å². The fourth-order valence-corrected chi connectivity index (χ4v) is 2.67. The smallest absolute Gasteiger partial charge is 0.353 e. The molecular formula is C13H21N3O4. The Morgan fingerprint density at radius 3 is 2.60 bits per heavy atom. The number of rotatable bonds is 4. The Balaban J connectivity index is 1.86. The minimum atomic E-state index is -1.13. The number of hydrogen-bond acceptors (Lipinski definition) is 5. The van der Waals surface area contributed by atoms with E-state index in [-0.39, 0.29) is 24.1 Å². The summed E-state index contributed by atoms with van der Waals surface area (Å²) in [6, 6.07) is 0.197. The Hall–Kier alpha value is -1.63. The van der Waals surface area contributed by atoms with Crippen molar-refractivity contribution < 1.29 is 19.5 Å². The highest BCUT2D eigenvalue weighted by atomic mass is 16.6. The van der Waals surface area contributed by atoms with Crippen molar-refractivity contribution in [1.82, 2.24) is 9.80 Å². The minimum Gasteiger partial charge on any atom is -0.477 e. The zero-order chi connectivity index (χ0) is 14.7. The largest absolute Gasteiger partial charge is 0.477 e. The number of hydrogen-bond donors (Lipinski definition) is 1. The summed E-state index contributed by atoms with van der Waals surface area (Å²) in [5, 5.41) is 12.3. The third-order valence-electron chi connectivity index (χ3n) is 4.09. The van der Waals surface area contributed by atoms with Crippen LogP contribution in [0.25, 0.3) is 0 Å². The van der Waals surface area contributed by atoms with Crippen molar-refractivity contribution in [1.29, 1.82) is 0 Å². The zero-order valence-corrected chi connectivity index (χ0v) is 11.9. The number of likely N-dealkylation sites (N-methyl/N-ethyl adjacent to an activating group) is 1. The number of carbonyl (C=O) groups is 2. The summed E-state index contributed by atoms with van der Waals surface area (Å²) in [5.41, 5.74) is -0.0856. The number of carbonyl (C=O) groups excluding carboxylic acids is 1. The molecule has 7 nitrogen and oxygen atoms in total. The maximum absolute atomic E-state index is 12.3. The standard InChI is InChI=1S/C13H21N3O4/c1-3-16-6-4-9(5-7-16)15(2)12(17)11-8-10(13(18)19)14-20-11/h9,11H,3-8H2,1-2H3,(H,18,19). The number of likely N-dealkylation sites (tertiary alicyclic amines) is 1. The summed E-state index contributed by atoms with van der Waals surface area (Å²) in [7, 11) is 1.76. The van der Waals surface area contributed by atoms with Gasteiger partial charge in [0, 0.05) is 32.6 Å². The van der Waals surface area contributed by atoms with E-state index >= 15 is 0 Å². The van der Waals surface area contributed by atoms with Gasteiger partial charge in [-0.3, -0.25) is 4.79 Å². The van der Waals surface area contributed by atoms with Gasteiger partial charge in [-0.15, -0.1) is 0 Å². The molecule has 112 valence electrons. The van der Waals surface area contributed by atoms with Crippen LogP contribution >= 0.6 is 0 Å². The fraction of sp³-hybridized carbons (Fsp3) is 0.769. The van der Waals surface area contributed by atoms with Crippen molar-refractivity contribution in [2.24, 2.45) is 5.16 Å². The van der Waals surface area contributed by atoms with E-state index in [0.29, 0.717) is 0 Å². The Labute approximate surface area is 118 Å². The van der Waals surface area contributed by atoms with E-state index in [0.717, 1.165) is 32.5 Å². The van der Waals surface area contributed by atoms with Gasteiger partial charge in [-0.2, -0.15) is 0 Å². The molecule has 0 saturated carbocycles. The fourth-order valence-electron chi connectivity index (χ4n) is 2.67. The number of carboxylic acid groups (broad SMARTS) is 1. The molecule has 1 atom stereocenters. The van der Waals surface area contributed by atoms with Crippen LogP contribution in [0.4, 0.5) is 0 Å². The SMILES string of the molecule is CCN1CCC(N(C)C(=O)C2CC(C(=O)O)=NO2)CC1. The topological polar surface area (TPSA) is 82.4 Å². The van der Waals surface area contributed by atoms with E-state index < -0.39 is 12.1 Å². The normalized spacial score (nSPS) is 24.1. The number of carboxylic acids is 1. The predicted molar refractivity (Wildman–Crippen MR) is 72.5 cm³/mol. The van der Waals surface area contributed by atoms with Crippen LogP contribution in [0.3, 0.4) is 0 Å². The van der Waals surface area contributed by atoms with E-state index in [4.69, 9.17) is 9.94 Å². The van der Waals surface area contributed by atoms with Gasteiger partial charge in [-0.1, -0.05) is 12.1 Å². The lowest BCUT2D eigenvalue weighted by Crippen LogP contribution is -2.48. The Morgan fingerprint density at radius 2 is 2.10 bits per heavy atom. The molecule has 2 rings (SSSR count). The first-order valence-corrected chi connectivity index (χ1v) is 6.98. The van der Waals surface area contributed by atoms with Crippen molar-refractivity contribution in [3.63, 3.8) is 0 Å². The summed E-state index contributed by atoms with van der Waals surface area (Å²) in [5.74, 6) is -1.31. The van der Waals surface area contributed by atoms with Gasteiger partial charge in [-0.25, -0.2) is 4.79 Å². The van der Waals surface area contributed by atoms with E-state index in [1.54, 1.807) is 11.9 Å². The van der Waals surface area contributed by atoms with Crippen LogP contribution in [0.1, 0.15) is 26.2 Å². The number of amides is 1. The van der Waals surface area contributed by atoms with Gasteiger partial charge in [0.05, 0.1) is 0 Å². The van der Waals surface area contributed by atoms with Crippen LogP contribution < -0.4 is 0 Å². The molecule has 1 N–H and O–H groups in total. The van der Waals surface area contributed by atoms with Gasteiger partial charge in [0.25, 0.3) is 5.91 Å². The third kappa shape index (κ3) is 3.09. The Kier molecular flexibility index (Phi) is 4.59. The molecule has 1 unspecified atom stereocenters. The number of nitrogens with zero attached hydrogens (tertiary/aromatic N) is 3. The van der Waals surface area contributed by atoms with Crippen LogP contribution in [-0.2, 0) is 14.4 Å². The molecule has 7 heteroatoms. The second kappa shape index (κ2) is 6.21. The molecule has 0 aromatic heterocycles. The maximum atomic E-state index is 12.3. The molecule has 0 aliphatic carbocycles. The van der Waals surface area contributed by atoms with Crippen molar-refractivity contribution >= 4 is 17.6 Å². The lowest BCUT2D eigenvalue weighted by Gasteiger charge is -2.36. The average molecular weight is 283 g/mol. The summed E-state index contributed by atoms with van der Waals surface area (Å²) < 4.78 is 0. The lowest BCUT2D eigenvalue weighted by atomic mass is 10.0. The minimum absolute atomic E-state index is 0.0479. The molecule has 0 radical (unpaired) electrons. The van der Waals surface area contributed by atoms with Crippen molar-refractivity contribution in [3.8, 4) is 0 Å².